The lowest BCUT2D eigenvalue weighted by Crippen LogP contribution is -2.35. The molecule has 1 amide bonds. The lowest BCUT2D eigenvalue weighted by molar-refractivity contribution is -0.113. The van der Waals surface area contributed by atoms with Gasteiger partial charge in [-0.1, -0.05) is 19.1 Å². The third-order valence-corrected chi connectivity index (χ3v) is 6.02. The van der Waals surface area contributed by atoms with Gasteiger partial charge in [0, 0.05) is 18.3 Å². The van der Waals surface area contributed by atoms with E-state index in [1.165, 1.54) is 27.3 Å². The predicted molar refractivity (Wildman–Crippen MR) is 115 cm³/mol. The number of rotatable bonds is 6. The molecule has 0 saturated carbocycles. The van der Waals surface area contributed by atoms with Crippen LogP contribution in [0.1, 0.15) is 18.1 Å². The van der Waals surface area contributed by atoms with Crippen molar-refractivity contribution in [3.63, 3.8) is 0 Å². The van der Waals surface area contributed by atoms with E-state index >= 15 is 0 Å². The Balaban J connectivity index is 2.01. The molecule has 1 aliphatic rings. The minimum absolute atomic E-state index is 0.0653. The Hall–Kier alpha value is -3.33. The van der Waals surface area contributed by atoms with Crippen molar-refractivity contribution in [3.05, 3.63) is 65.4 Å². The Morgan fingerprint density at radius 1 is 1.10 bits per heavy atom. The summed E-state index contributed by atoms with van der Waals surface area (Å²) in [6.07, 6.45) is 2.29. The number of ether oxygens (including phenoxy) is 2. The molecule has 0 saturated heterocycles. The Morgan fingerprint density at radius 3 is 2.40 bits per heavy atom. The van der Waals surface area contributed by atoms with Gasteiger partial charge in [-0.2, -0.15) is 8.42 Å². The highest BCUT2D eigenvalue weighted by atomic mass is 32.2. The summed E-state index contributed by atoms with van der Waals surface area (Å²) in [4.78, 5) is 12.9. The van der Waals surface area contributed by atoms with E-state index in [-0.39, 0.29) is 11.4 Å². The van der Waals surface area contributed by atoms with Crippen molar-refractivity contribution in [2.45, 2.75) is 13.3 Å². The van der Waals surface area contributed by atoms with Crippen molar-refractivity contribution >= 4 is 27.5 Å². The summed E-state index contributed by atoms with van der Waals surface area (Å²) < 4.78 is 40.5. The maximum atomic E-state index is 12.9. The number of likely N-dealkylation sites (N-methyl/N-ethyl adjacent to an activating group) is 1. The maximum absolute atomic E-state index is 12.9. The quantitative estimate of drug-likeness (QED) is 0.762. The molecular formula is C21H23N3O5S. The van der Waals surface area contributed by atoms with Crippen LogP contribution in [0.4, 0.5) is 5.69 Å². The molecule has 1 aliphatic heterocycles. The van der Waals surface area contributed by atoms with Crippen molar-refractivity contribution in [2.24, 2.45) is 4.40 Å². The van der Waals surface area contributed by atoms with Crippen LogP contribution in [0.25, 0.3) is 0 Å². The zero-order chi connectivity index (χ0) is 21.9. The summed E-state index contributed by atoms with van der Waals surface area (Å²) in [6, 6.07) is 12.3. The number of hydrogen-bond donors (Lipinski definition) is 1. The topological polar surface area (TPSA) is 97.3 Å². The summed E-state index contributed by atoms with van der Waals surface area (Å²) in [5.41, 5.74) is 2.10. The second-order valence-corrected chi connectivity index (χ2v) is 8.15. The average Bonchev–Trinajstić information content (AvgIpc) is 2.75. The molecule has 0 atom stereocenters. The molecule has 30 heavy (non-hydrogen) atoms. The number of nitrogens with one attached hydrogen (secondary N) is 1. The van der Waals surface area contributed by atoms with E-state index in [1.54, 1.807) is 30.3 Å². The Kier molecular flexibility index (Phi) is 6.12. The number of methoxy groups -OCH3 is 2. The van der Waals surface area contributed by atoms with Crippen LogP contribution < -0.4 is 14.8 Å². The zero-order valence-electron chi connectivity index (χ0n) is 17.2. The lowest BCUT2D eigenvalue weighted by atomic mass is 10.1. The largest absolute Gasteiger partial charge is 0.497 e. The van der Waals surface area contributed by atoms with E-state index in [0.29, 0.717) is 22.7 Å². The van der Waals surface area contributed by atoms with Gasteiger partial charge in [-0.25, -0.2) is 4.31 Å². The fourth-order valence-corrected chi connectivity index (χ4v) is 3.83. The van der Waals surface area contributed by atoms with E-state index < -0.39 is 16.1 Å². The van der Waals surface area contributed by atoms with Gasteiger partial charge in [-0.15, -0.1) is 4.40 Å². The molecule has 0 spiro atoms. The first kappa shape index (κ1) is 21.4. The van der Waals surface area contributed by atoms with Crippen LogP contribution in [-0.4, -0.2) is 45.6 Å². The van der Waals surface area contributed by atoms with E-state index in [4.69, 9.17) is 9.47 Å². The van der Waals surface area contributed by atoms with Crippen molar-refractivity contribution in [2.75, 3.05) is 26.6 Å². The second-order valence-electron chi connectivity index (χ2n) is 6.52. The molecule has 158 valence electrons. The van der Waals surface area contributed by atoms with Gasteiger partial charge in [-0.05, 0) is 48.4 Å². The fraction of sp³-hybridized carbons (Fsp3) is 0.238. The minimum Gasteiger partial charge on any atom is -0.497 e. The molecule has 0 radical (unpaired) electrons. The second kappa shape index (κ2) is 8.58. The van der Waals surface area contributed by atoms with Gasteiger partial charge in [0.15, 0.2) is 0 Å². The molecule has 3 rings (SSSR count). The number of allylic oxidation sites excluding steroid dienone is 1. The number of nitrogens with zero attached hydrogens (tertiary/aromatic N) is 2. The van der Waals surface area contributed by atoms with E-state index in [0.717, 1.165) is 16.3 Å². The van der Waals surface area contributed by atoms with E-state index in [9.17, 15) is 13.2 Å². The Bertz CT molecular complexity index is 1120. The third kappa shape index (κ3) is 4.30. The minimum atomic E-state index is -4.10. The standard InChI is InChI=1S/C21H23N3O5S/c1-5-14-6-8-15(9-7-14)22-21(25)19-13-18(23-30(26,27)24(19)2)17-12-16(28-3)10-11-20(17)29-4/h6-13H,5H2,1-4H3,(H,22,25). The maximum Gasteiger partial charge on any atom is 0.345 e. The molecule has 0 aliphatic carbocycles. The van der Waals surface area contributed by atoms with Crippen molar-refractivity contribution in [1.29, 1.82) is 0 Å². The SMILES string of the molecule is CCc1ccc(NC(=O)C2=CC(c3cc(OC)ccc3OC)=NS(=O)(=O)N2C)cc1. The number of carbonyl (C=O) groups excluding carboxylic acids is 1. The number of anilines is 1. The molecule has 0 unspecified atom stereocenters. The van der Waals surface area contributed by atoms with Crippen LogP contribution in [0.3, 0.4) is 0 Å². The molecule has 2 aromatic rings. The predicted octanol–water partition coefficient (Wildman–Crippen LogP) is 2.77. The molecule has 8 nitrogen and oxygen atoms in total. The normalized spacial score (nSPS) is 15.1. The fourth-order valence-electron chi connectivity index (χ4n) is 2.93. The highest BCUT2D eigenvalue weighted by Gasteiger charge is 2.31. The third-order valence-electron chi connectivity index (χ3n) is 4.71. The number of aryl methyl sites for hydroxylation is 1. The lowest BCUT2D eigenvalue weighted by Gasteiger charge is -2.24. The molecular weight excluding hydrogens is 406 g/mol. The highest BCUT2D eigenvalue weighted by molar-refractivity contribution is 7.88. The monoisotopic (exact) mass is 429 g/mol. The van der Waals surface area contributed by atoms with Gasteiger partial charge in [0.2, 0.25) is 0 Å². The van der Waals surface area contributed by atoms with Crippen LogP contribution >= 0.6 is 0 Å². The average molecular weight is 429 g/mol. The first-order valence-electron chi connectivity index (χ1n) is 9.22. The molecule has 0 fully saturated rings. The van der Waals surface area contributed by atoms with Crippen LogP contribution in [0, 0.1) is 0 Å². The van der Waals surface area contributed by atoms with E-state index in [2.05, 4.69) is 9.71 Å². The molecule has 0 aromatic heterocycles. The van der Waals surface area contributed by atoms with Crippen molar-refractivity contribution in [3.8, 4) is 11.5 Å². The summed E-state index contributed by atoms with van der Waals surface area (Å²) in [5.74, 6) is 0.334. The smallest absolute Gasteiger partial charge is 0.345 e. The summed E-state index contributed by atoms with van der Waals surface area (Å²) in [6.45, 7) is 2.04. The molecule has 0 bridgehead atoms. The van der Waals surface area contributed by atoms with Crippen LogP contribution in [0.2, 0.25) is 0 Å². The van der Waals surface area contributed by atoms with Crippen LogP contribution in [-0.2, 0) is 21.4 Å². The number of carbonyl (C=O) groups is 1. The number of hydrogen-bond acceptors (Lipinski definition) is 5. The van der Waals surface area contributed by atoms with Crippen LogP contribution in [0.5, 0.6) is 11.5 Å². The van der Waals surface area contributed by atoms with Crippen molar-refractivity contribution in [1.82, 2.24) is 4.31 Å². The Labute approximate surface area is 176 Å². The Morgan fingerprint density at radius 2 is 1.80 bits per heavy atom. The van der Waals surface area contributed by atoms with Gasteiger partial charge >= 0.3 is 10.2 Å². The van der Waals surface area contributed by atoms with Gasteiger partial charge in [-0.3, -0.25) is 4.79 Å². The van der Waals surface area contributed by atoms with Crippen LogP contribution in [0.15, 0.2) is 58.6 Å². The van der Waals surface area contributed by atoms with Gasteiger partial charge in [0.25, 0.3) is 5.91 Å². The number of benzene rings is 2. The number of amides is 1. The molecule has 1 heterocycles. The zero-order valence-corrected chi connectivity index (χ0v) is 18.0. The summed E-state index contributed by atoms with van der Waals surface area (Å²) in [5, 5.41) is 2.73. The van der Waals surface area contributed by atoms with Gasteiger partial charge in [0.05, 0.1) is 19.9 Å². The molecule has 1 N–H and O–H groups in total. The van der Waals surface area contributed by atoms with Gasteiger partial charge < -0.3 is 14.8 Å². The van der Waals surface area contributed by atoms with Crippen molar-refractivity contribution < 1.29 is 22.7 Å². The first-order chi connectivity index (χ1) is 14.3. The summed E-state index contributed by atoms with van der Waals surface area (Å²) >= 11 is 0. The summed E-state index contributed by atoms with van der Waals surface area (Å²) in [7, 11) is 0.139. The first-order valence-corrected chi connectivity index (χ1v) is 10.6. The van der Waals surface area contributed by atoms with E-state index in [1.807, 2.05) is 19.1 Å². The highest BCUT2D eigenvalue weighted by Crippen LogP contribution is 2.29. The molecule has 2 aromatic carbocycles. The molecule has 9 heteroatoms. The van der Waals surface area contributed by atoms with Gasteiger partial charge in [0.1, 0.15) is 17.2 Å².